The maximum absolute atomic E-state index is 12.3. The first-order valence-electron chi connectivity index (χ1n) is 7.06. The van der Waals surface area contributed by atoms with Crippen LogP contribution in [0.15, 0.2) is 29.2 Å². The van der Waals surface area contributed by atoms with E-state index in [4.69, 9.17) is 4.74 Å². The number of hydrogen-bond donors (Lipinski definition) is 2. The van der Waals surface area contributed by atoms with E-state index >= 15 is 0 Å². The number of hydrogen-bond acceptors (Lipinski definition) is 4. The molecule has 1 saturated heterocycles. The Bertz CT molecular complexity index is 564. The Labute approximate surface area is 119 Å². The zero-order valence-electron chi connectivity index (χ0n) is 11.3. The molecule has 1 heterocycles. The Morgan fingerprint density at radius 1 is 1.20 bits per heavy atom. The van der Waals surface area contributed by atoms with Gasteiger partial charge in [-0.25, -0.2) is 13.1 Å². The zero-order valence-corrected chi connectivity index (χ0v) is 12.2. The largest absolute Gasteiger partial charge is 0.380 e. The van der Waals surface area contributed by atoms with Crippen LogP contribution in [0.4, 0.5) is 0 Å². The van der Waals surface area contributed by atoms with Crippen molar-refractivity contribution < 1.29 is 13.2 Å². The van der Waals surface area contributed by atoms with Crippen molar-refractivity contribution in [1.29, 1.82) is 0 Å². The summed E-state index contributed by atoms with van der Waals surface area (Å²) in [6, 6.07) is 7.64. The second kappa shape index (κ2) is 5.81. The molecule has 0 amide bonds. The topological polar surface area (TPSA) is 67.4 Å². The minimum absolute atomic E-state index is 0.103. The number of sulfonamides is 1. The van der Waals surface area contributed by atoms with Gasteiger partial charge in [0.2, 0.25) is 10.0 Å². The second-order valence-electron chi connectivity index (χ2n) is 5.48. The van der Waals surface area contributed by atoms with E-state index in [-0.39, 0.29) is 6.04 Å². The first kappa shape index (κ1) is 14.0. The average molecular weight is 296 g/mol. The highest BCUT2D eigenvalue weighted by Gasteiger charge is 2.24. The Balaban J connectivity index is 1.68. The highest BCUT2D eigenvalue weighted by atomic mass is 32.2. The van der Waals surface area contributed by atoms with Crippen LogP contribution < -0.4 is 10.0 Å². The normalized spacial score (nSPS) is 23.1. The summed E-state index contributed by atoms with van der Waals surface area (Å²) in [4.78, 5) is 0.333. The van der Waals surface area contributed by atoms with Gasteiger partial charge in [0.05, 0.1) is 11.5 Å². The molecule has 1 aliphatic carbocycles. The second-order valence-corrected chi connectivity index (χ2v) is 7.20. The van der Waals surface area contributed by atoms with E-state index in [1.54, 1.807) is 18.2 Å². The van der Waals surface area contributed by atoms with E-state index < -0.39 is 10.0 Å². The molecule has 0 radical (unpaired) electrons. The third kappa shape index (κ3) is 3.58. The van der Waals surface area contributed by atoms with Gasteiger partial charge in [-0.15, -0.1) is 0 Å². The lowest BCUT2D eigenvalue weighted by molar-refractivity contribution is 0.192. The van der Waals surface area contributed by atoms with Gasteiger partial charge in [-0.1, -0.05) is 12.1 Å². The van der Waals surface area contributed by atoms with Crippen LogP contribution in [0.25, 0.3) is 0 Å². The Morgan fingerprint density at radius 2 is 2.05 bits per heavy atom. The molecule has 3 rings (SSSR count). The lowest BCUT2D eigenvalue weighted by atomic mass is 10.2. The Morgan fingerprint density at radius 3 is 2.75 bits per heavy atom. The predicted molar refractivity (Wildman–Crippen MR) is 75.8 cm³/mol. The molecule has 1 saturated carbocycles. The maximum atomic E-state index is 12.3. The van der Waals surface area contributed by atoms with Crippen molar-refractivity contribution >= 4 is 10.0 Å². The molecular formula is C14H20N2O3S. The SMILES string of the molecule is O=S(=O)(NC1CCOC1)c1cccc(CNC2CC2)c1. The summed E-state index contributed by atoms with van der Waals surface area (Å²) in [6.07, 6.45) is 3.19. The summed E-state index contributed by atoms with van der Waals surface area (Å²) >= 11 is 0. The Hall–Kier alpha value is -0.950. The van der Waals surface area contributed by atoms with Crippen LogP contribution in [0.1, 0.15) is 24.8 Å². The van der Waals surface area contributed by atoms with Crippen molar-refractivity contribution in [2.75, 3.05) is 13.2 Å². The van der Waals surface area contributed by atoms with Crippen LogP contribution >= 0.6 is 0 Å². The van der Waals surface area contributed by atoms with Gasteiger partial charge >= 0.3 is 0 Å². The van der Waals surface area contributed by atoms with Gasteiger partial charge in [-0.3, -0.25) is 0 Å². The summed E-state index contributed by atoms with van der Waals surface area (Å²) in [6.45, 7) is 1.81. The van der Waals surface area contributed by atoms with Gasteiger partial charge in [0.15, 0.2) is 0 Å². The van der Waals surface area contributed by atoms with Gasteiger partial charge in [-0.05, 0) is 37.0 Å². The highest BCUT2D eigenvalue weighted by Crippen LogP contribution is 2.20. The minimum Gasteiger partial charge on any atom is -0.380 e. The van der Waals surface area contributed by atoms with Crippen LogP contribution in [0.5, 0.6) is 0 Å². The molecule has 1 atom stereocenters. The molecule has 20 heavy (non-hydrogen) atoms. The molecule has 1 aromatic carbocycles. The summed E-state index contributed by atoms with van der Waals surface area (Å²) < 4.78 is 32.5. The molecule has 1 aliphatic heterocycles. The van der Waals surface area contributed by atoms with Gasteiger partial charge in [0, 0.05) is 25.2 Å². The van der Waals surface area contributed by atoms with Gasteiger partial charge in [0.25, 0.3) is 0 Å². The van der Waals surface area contributed by atoms with Crippen LogP contribution in [0.2, 0.25) is 0 Å². The number of benzene rings is 1. The molecule has 2 aliphatic rings. The van der Waals surface area contributed by atoms with E-state index in [1.165, 1.54) is 12.8 Å². The summed E-state index contributed by atoms with van der Waals surface area (Å²) in [5, 5.41) is 3.39. The van der Waals surface area contributed by atoms with E-state index in [2.05, 4.69) is 10.0 Å². The van der Waals surface area contributed by atoms with Crippen LogP contribution in [-0.4, -0.2) is 33.7 Å². The molecule has 110 valence electrons. The molecule has 0 spiro atoms. The van der Waals surface area contributed by atoms with Crippen LogP contribution in [0, 0.1) is 0 Å². The van der Waals surface area contributed by atoms with Gasteiger partial charge in [0.1, 0.15) is 0 Å². The van der Waals surface area contributed by atoms with Gasteiger partial charge < -0.3 is 10.1 Å². The number of ether oxygens (including phenoxy) is 1. The summed E-state index contributed by atoms with van der Waals surface area (Å²) in [7, 11) is -3.45. The van der Waals surface area contributed by atoms with Crippen molar-refractivity contribution in [3.8, 4) is 0 Å². The summed E-state index contributed by atoms with van der Waals surface area (Å²) in [5.74, 6) is 0. The first-order valence-corrected chi connectivity index (χ1v) is 8.54. The maximum Gasteiger partial charge on any atom is 0.240 e. The van der Waals surface area contributed by atoms with Crippen molar-refractivity contribution in [1.82, 2.24) is 10.0 Å². The molecule has 1 unspecified atom stereocenters. The molecule has 2 fully saturated rings. The fourth-order valence-corrected chi connectivity index (χ4v) is 3.61. The number of rotatable bonds is 6. The monoisotopic (exact) mass is 296 g/mol. The minimum atomic E-state index is -3.45. The van der Waals surface area contributed by atoms with Crippen LogP contribution in [0.3, 0.4) is 0 Å². The molecular weight excluding hydrogens is 276 g/mol. The lowest BCUT2D eigenvalue weighted by Gasteiger charge is -2.12. The van der Waals surface area contributed by atoms with E-state index in [1.807, 2.05) is 6.07 Å². The van der Waals surface area contributed by atoms with Crippen molar-refractivity contribution in [2.24, 2.45) is 0 Å². The first-order chi connectivity index (χ1) is 9.63. The number of nitrogens with one attached hydrogen (secondary N) is 2. The molecule has 0 aromatic heterocycles. The zero-order chi connectivity index (χ0) is 14.0. The smallest absolute Gasteiger partial charge is 0.240 e. The third-order valence-corrected chi connectivity index (χ3v) is 5.15. The van der Waals surface area contributed by atoms with E-state index in [9.17, 15) is 8.42 Å². The van der Waals surface area contributed by atoms with Crippen molar-refractivity contribution in [3.63, 3.8) is 0 Å². The lowest BCUT2D eigenvalue weighted by Crippen LogP contribution is -2.35. The van der Waals surface area contributed by atoms with Crippen molar-refractivity contribution in [3.05, 3.63) is 29.8 Å². The van der Waals surface area contributed by atoms with E-state index in [0.717, 1.165) is 18.5 Å². The van der Waals surface area contributed by atoms with Gasteiger partial charge in [-0.2, -0.15) is 0 Å². The average Bonchev–Trinajstić information content (AvgIpc) is 3.14. The molecule has 1 aromatic rings. The quantitative estimate of drug-likeness (QED) is 0.822. The predicted octanol–water partition coefficient (Wildman–Crippen LogP) is 1.01. The molecule has 6 heteroatoms. The molecule has 5 nitrogen and oxygen atoms in total. The standard InChI is InChI=1S/C14H20N2O3S/c17-20(18,16-13-6-7-19-10-13)14-3-1-2-11(8-14)9-15-12-4-5-12/h1-3,8,12-13,15-16H,4-7,9-10H2. The van der Waals surface area contributed by atoms with Crippen molar-refractivity contribution in [2.45, 2.75) is 42.8 Å². The molecule has 2 N–H and O–H groups in total. The summed E-state index contributed by atoms with van der Waals surface area (Å²) in [5.41, 5.74) is 1.00. The fraction of sp³-hybridized carbons (Fsp3) is 0.571. The van der Waals surface area contributed by atoms with Crippen LogP contribution in [-0.2, 0) is 21.3 Å². The third-order valence-electron chi connectivity index (χ3n) is 3.63. The van der Waals surface area contributed by atoms with E-state index in [0.29, 0.717) is 24.2 Å². The molecule has 0 bridgehead atoms. The highest BCUT2D eigenvalue weighted by molar-refractivity contribution is 7.89. The fourth-order valence-electron chi connectivity index (χ4n) is 2.29. The Kier molecular flexibility index (Phi) is 4.07.